The van der Waals surface area contributed by atoms with Gasteiger partial charge in [-0.1, -0.05) is 0 Å². The number of aromatic nitrogens is 1. The van der Waals surface area contributed by atoms with E-state index in [2.05, 4.69) is 10.3 Å². The van der Waals surface area contributed by atoms with E-state index in [1.807, 2.05) is 6.07 Å². The molecule has 0 aromatic carbocycles. The monoisotopic (exact) mass is 228 g/mol. The average Bonchev–Trinajstić information content (AvgIpc) is 2.73. The lowest BCUT2D eigenvalue weighted by Gasteiger charge is -2.15. The maximum Gasteiger partial charge on any atom is 0.129 e. The minimum absolute atomic E-state index is 0.0104. The molecule has 5 heteroatoms. The highest BCUT2D eigenvalue weighted by molar-refractivity contribution is 6.18. The number of hydrogen-bond acceptors (Lipinski definition) is 4. The second kappa shape index (κ2) is 4.35. The molecule has 0 saturated carbocycles. The summed E-state index contributed by atoms with van der Waals surface area (Å²) in [6, 6.07) is 1.86. The van der Waals surface area contributed by atoms with E-state index in [0.717, 1.165) is 24.3 Å². The number of anilines is 1. The average molecular weight is 229 g/mol. The van der Waals surface area contributed by atoms with Crippen LogP contribution in [-0.4, -0.2) is 33.7 Å². The Kier molecular flexibility index (Phi) is 3.09. The number of aliphatic hydroxyl groups excluding tert-OH is 2. The van der Waals surface area contributed by atoms with Crippen LogP contribution >= 0.6 is 11.6 Å². The molecule has 2 atom stereocenters. The molecular weight excluding hydrogens is 216 g/mol. The molecule has 2 unspecified atom stereocenters. The van der Waals surface area contributed by atoms with Gasteiger partial charge in [0.1, 0.15) is 11.9 Å². The van der Waals surface area contributed by atoms with Gasteiger partial charge in [0.2, 0.25) is 0 Å². The van der Waals surface area contributed by atoms with E-state index < -0.39 is 12.2 Å². The first kappa shape index (κ1) is 10.7. The van der Waals surface area contributed by atoms with Crippen LogP contribution in [0.5, 0.6) is 0 Å². The van der Waals surface area contributed by atoms with Gasteiger partial charge >= 0.3 is 0 Å². The van der Waals surface area contributed by atoms with Gasteiger partial charge in [-0.25, -0.2) is 4.98 Å². The van der Waals surface area contributed by atoms with Crippen LogP contribution in [0.4, 0.5) is 5.82 Å². The minimum Gasteiger partial charge on any atom is -0.389 e. The van der Waals surface area contributed by atoms with Gasteiger partial charge in [-0.15, -0.1) is 11.6 Å². The summed E-state index contributed by atoms with van der Waals surface area (Å²) in [7, 11) is 0. The Bertz CT molecular complexity index is 359. The standard InChI is InChI=1S/C10H13ClN2O2/c11-4-8(14)9(15)7-3-6-1-2-12-10(6)13-5-7/h3,5,8-9,14-15H,1-2,4H2,(H,12,13). The van der Waals surface area contributed by atoms with Gasteiger partial charge < -0.3 is 15.5 Å². The van der Waals surface area contributed by atoms with Gasteiger partial charge in [0.15, 0.2) is 0 Å². The van der Waals surface area contributed by atoms with Crippen LogP contribution in [0.15, 0.2) is 12.3 Å². The molecule has 0 radical (unpaired) electrons. The smallest absolute Gasteiger partial charge is 0.129 e. The molecule has 1 aromatic heterocycles. The Labute approximate surface area is 92.9 Å². The van der Waals surface area contributed by atoms with Crippen LogP contribution in [0, 0.1) is 0 Å². The van der Waals surface area contributed by atoms with E-state index in [9.17, 15) is 10.2 Å². The van der Waals surface area contributed by atoms with Crippen LogP contribution in [0.1, 0.15) is 17.2 Å². The Hall–Kier alpha value is -0.840. The van der Waals surface area contributed by atoms with Crippen molar-refractivity contribution >= 4 is 17.4 Å². The molecule has 0 aliphatic carbocycles. The van der Waals surface area contributed by atoms with Gasteiger partial charge in [0.25, 0.3) is 0 Å². The lowest BCUT2D eigenvalue weighted by atomic mass is 10.1. The first-order chi connectivity index (χ1) is 7.22. The van der Waals surface area contributed by atoms with Crippen molar-refractivity contribution in [2.45, 2.75) is 18.6 Å². The fourth-order valence-electron chi connectivity index (χ4n) is 1.66. The molecule has 1 aliphatic heterocycles. The molecule has 0 amide bonds. The highest BCUT2D eigenvalue weighted by Crippen LogP contribution is 2.24. The van der Waals surface area contributed by atoms with Crippen LogP contribution < -0.4 is 5.32 Å². The van der Waals surface area contributed by atoms with Crippen molar-refractivity contribution in [2.24, 2.45) is 0 Å². The number of rotatable bonds is 3. The number of nitrogens with one attached hydrogen (secondary N) is 1. The highest BCUT2D eigenvalue weighted by Gasteiger charge is 2.20. The van der Waals surface area contributed by atoms with Crippen molar-refractivity contribution in [1.29, 1.82) is 0 Å². The highest BCUT2D eigenvalue weighted by atomic mass is 35.5. The van der Waals surface area contributed by atoms with E-state index in [1.165, 1.54) is 0 Å². The summed E-state index contributed by atoms with van der Waals surface area (Å²) in [6.07, 6.45) is 0.569. The van der Waals surface area contributed by atoms with Gasteiger partial charge in [-0.05, 0) is 18.1 Å². The fourth-order valence-corrected chi connectivity index (χ4v) is 1.83. The van der Waals surface area contributed by atoms with E-state index in [0.29, 0.717) is 5.56 Å². The number of alkyl halides is 1. The Morgan fingerprint density at radius 2 is 2.33 bits per heavy atom. The Morgan fingerprint density at radius 1 is 1.53 bits per heavy atom. The zero-order chi connectivity index (χ0) is 10.8. The number of pyridine rings is 1. The Morgan fingerprint density at radius 3 is 3.07 bits per heavy atom. The van der Waals surface area contributed by atoms with Gasteiger partial charge in [-0.3, -0.25) is 0 Å². The minimum atomic E-state index is -0.958. The van der Waals surface area contributed by atoms with Crippen molar-refractivity contribution in [3.05, 3.63) is 23.4 Å². The van der Waals surface area contributed by atoms with E-state index in [1.54, 1.807) is 6.20 Å². The SMILES string of the molecule is OC(CCl)C(O)c1cnc2c(c1)CCN2. The molecule has 2 rings (SSSR count). The van der Waals surface area contributed by atoms with Gasteiger partial charge in [0.05, 0.1) is 12.0 Å². The van der Waals surface area contributed by atoms with Crippen molar-refractivity contribution in [3.63, 3.8) is 0 Å². The maximum atomic E-state index is 9.73. The molecule has 0 spiro atoms. The molecule has 1 aliphatic rings. The van der Waals surface area contributed by atoms with Crippen molar-refractivity contribution in [1.82, 2.24) is 4.98 Å². The first-order valence-corrected chi connectivity index (χ1v) is 5.40. The van der Waals surface area contributed by atoms with Crippen LogP contribution in [0.3, 0.4) is 0 Å². The summed E-state index contributed by atoms with van der Waals surface area (Å²) in [5.74, 6) is 0.877. The summed E-state index contributed by atoms with van der Waals surface area (Å²) in [6.45, 7) is 0.875. The molecule has 1 aromatic rings. The predicted molar refractivity (Wildman–Crippen MR) is 58.1 cm³/mol. The molecule has 0 bridgehead atoms. The third-order valence-corrected chi connectivity index (χ3v) is 2.85. The summed E-state index contributed by atoms with van der Waals surface area (Å²) < 4.78 is 0. The van der Waals surface area contributed by atoms with Crippen molar-refractivity contribution in [3.8, 4) is 0 Å². The molecule has 15 heavy (non-hydrogen) atoms. The van der Waals surface area contributed by atoms with E-state index in [4.69, 9.17) is 11.6 Å². The second-order valence-electron chi connectivity index (χ2n) is 3.62. The largest absolute Gasteiger partial charge is 0.389 e. The molecule has 4 nitrogen and oxygen atoms in total. The quantitative estimate of drug-likeness (QED) is 0.666. The van der Waals surface area contributed by atoms with E-state index >= 15 is 0 Å². The van der Waals surface area contributed by atoms with Crippen molar-refractivity contribution < 1.29 is 10.2 Å². The number of aliphatic hydroxyl groups is 2. The second-order valence-corrected chi connectivity index (χ2v) is 3.93. The van der Waals surface area contributed by atoms with E-state index in [-0.39, 0.29) is 5.88 Å². The molecule has 82 valence electrons. The third kappa shape index (κ3) is 2.07. The maximum absolute atomic E-state index is 9.73. The summed E-state index contributed by atoms with van der Waals surface area (Å²) in [4.78, 5) is 4.17. The molecule has 0 saturated heterocycles. The summed E-state index contributed by atoms with van der Waals surface area (Å²) in [5, 5.41) is 22.3. The normalized spacial score (nSPS) is 18.1. The molecule has 0 fully saturated rings. The zero-order valence-electron chi connectivity index (χ0n) is 8.15. The van der Waals surface area contributed by atoms with Gasteiger partial charge in [-0.2, -0.15) is 0 Å². The Balaban J connectivity index is 2.22. The molecular formula is C10H13ClN2O2. The van der Waals surface area contributed by atoms with Gasteiger partial charge in [0, 0.05) is 18.3 Å². The van der Waals surface area contributed by atoms with Crippen LogP contribution in [0.25, 0.3) is 0 Å². The predicted octanol–water partition coefficient (Wildman–Crippen LogP) is 0.683. The number of halogens is 1. The summed E-state index contributed by atoms with van der Waals surface area (Å²) in [5.41, 5.74) is 1.69. The van der Waals surface area contributed by atoms with Crippen molar-refractivity contribution in [2.75, 3.05) is 17.7 Å². The first-order valence-electron chi connectivity index (χ1n) is 4.87. The number of nitrogens with zero attached hydrogens (tertiary/aromatic N) is 1. The topological polar surface area (TPSA) is 65.4 Å². The molecule has 3 N–H and O–H groups in total. The summed E-state index contributed by atoms with van der Waals surface area (Å²) >= 11 is 5.47. The zero-order valence-corrected chi connectivity index (χ0v) is 8.91. The lowest BCUT2D eigenvalue weighted by molar-refractivity contribution is 0.0325. The number of fused-ring (bicyclic) bond motifs is 1. The third-order valence-electron chi connectivity index (χ3n) is 2.54. The fraction of sp³-hybridized carbons (Fsp3) is 0.500. The van der Waals surface area contributed by atoms with Crippen LogP contribution in [0.2, 0.25) is 0 Å². The number of hydrogen-bond donors (Lipinski definition) is 3. The lowest BCUT2D eigenvalue weighted by Crippen LogP contribution is -2.19. The van der Waals surface area contributed by atoms with Crippen LogP contribution in [-0.2, 0) is 6.42 Å². The molecule has 2 heterocycles.